The fourth-order valence-corrected chi connectivity index (χ4v) is 3.30. The number of pyridine rings is 1. The molecule has 106 valence electrons. The lowest BCUT2D eigenvalue weighted by Crippen LogP contribution is -2.15. The van der Waals surface area contributed by atoms with Crippen molar-refractivity contribution in [2.75, 3.05) is 5.32 Å². The average molecular weight is 314 g/mol. The van der Waals surface area contributed by atoms with Crippen LogP contribution in [0.15, 0.2) is 29.8 Å². The minimum Gasteiger partial charge on any atom is -0.389 e. The van der Waals surface area contributed by atoms with Crippen LogP contribution in [-0.2, 0) is 0 Å². The van der Waals surface area contributed by atoms with E-state index in [1.807, 2.05) is 37.6 Å². The van der Waals surface area contributed by atoms with Crippen LogP contribution in [0.25, 0.3) is 10.2 Å². The smallest absolute Gasteiger partial charge is 0.107 e. The molecule has 4 nitrogen and oxygen atoms in total. The van der Waals surface area contributed by atoms with E-state index in [4.69, 9.17) is 18.0 Å². The first-order chi connectivity index (χ1) is 10.0. The number of nitrogens with two attached hydrogens (primary N) is 1. The Morgan fingerprint density at radius 3 is 2.86 bits per heavy atom. The Bertz CT molecular complexity index is 839. The van der Waals surface area contributed by atoms with E-state index in [-0.39, 0.29) is 0 Å². The second-order valence-electron chi connectivity index (χ2n) is 4.80. The summed E-state index contributed by atoms with van der Waals surface area (Å²) in [6.45, 7) is 3.87. The summed E-state index contributed by atoms with van der Waals surface area (Å²) in [5, 5.41) is 3.39. The van der Waals surface area contributed by atoms with E-state index in [0.717, 1.165) is 38.5 Å². The van der Waals surface area contributed by atoms with Crippen LogP contribution >= 0.6 is 23.6 Å². The van der Waals surface area contributed by atoms with Gasteiger partial charge in [0, 0.05) is 17.1 Å². The summed E-state index contributed by atoms with van der Waals surface area (Å²) < 4.78 is 1.14. The van der Waals surface area contributed by atoms with Crippen LogP contribution in [0.5, 0.6) is 0 Å². The number of nitrogens with one attached hydrogen (secondary N) is 1. The largest absolute Gasteiger partial charge is 0.389 e. The molecule has 0 aliphatic heterocycles. The molecular formula is C15H14N4S2. The third-order valence-corrected chi connectivity index (χ3v) is 4.18. The van der Waals surface area contributed by atoms with Crippen molar-refractivity contribution < 1.29 is 0 Å². The topological polar surface area (TPSA) is 63.8 Å². The molecule has 6 heteroatoms. The van der Waals surface area contributed by atoms with Gasteiger partial charge in [0.15, 0.2) is 0 Å². The van der Waals surface area contributed by atoms with E-state index in [1.165, 1.54) is 0 Å². The average Bonchev–Trinajstić information content (AvgIpc) is 2.84. The van der Waals surface area contributed by atoms with Crippen LogP contribution < -0.4 is 11.1 Å². The van der Waals surface area contributed by atoms with Crippen molar-refractivity contribution in [3.05, 3.63) is 46.7 Å². The minimum absolute atomic E-state index is 0.348. The highest BCUT2D eigenvalue weighted by atomic mass is 32.1. The van der Waals surface area contributed by atoms with E-state index < -0.39 is 0 Å². The van der Waals surface area contributed by atoms with Crippen molar-refractivity contribution in [1.29, 1.82) is 0 Å². The Hall–Kier alpha value is -2.05. The standard InChI is InChI=1S/C15H14N4S2/c1-8-5-12(14(15(16)20)9(2)18-8)19-10-3-4-11-13(6-10)21-7-17-11/h3-7H,1-2H3,(H2,16,20)(H,18,19). The minimum atomic E-state index is 0.348. The van der Waals surface area contributed by atoms with Crippen LogP contribution in [0.1, 0.15) is 17.0 Å². The molecule has 3 aromatic rings. The van der Waals surface area contributed by atoms with E-state index in [9.17, 15) is 0 Å². The number of aromatic nitrogens is 2. The Morgan fingerprint density at radius 2 is 2.10 bits per heavy atom. The maximum atomic E-state index is 5.84. The van der Waals surface area contributed by atoms with Crippen LogP contribution in [0.3, 0.4) is 0 Å². The third kappa shape index (κ3) is 2.72. The van der Waals surface area contributed by atoms with Crippen LogP contribution in [-0.4, -0.2) is 15.0 Å². The molecule has 0 atom stereocenters. The van der Waals surface area contributed by atoms with Gasteiger partial charge in [-0.2, -0.15) is 0 Å². The highest BCUT2D eigenvalue weighted by Crippen LogP contribution is 2.27. The molecule has 0 unspecified atom stereocenters. The zero-order valence-electron chi connectivity index (χ0n) is 11.7. The summed E-state index contributed by atoms with van der Waals surface area (Å²) in [5.74, 6) is 0. The maximum Gasteiger partial charge on any atom is 0.107 e. The second kappa shape index (κ2) is 5.38. The molecule has 0 aliphatic rings. The molecule has 2 heterocycles. The molecular weight excluding hydrogens is 300 g/mol. The van der Waals surface area contributed by atoms with E-state index in [1.54, 1.807) is 11.3 Å². The number of hydrogen-bond donors (Lipinski definition) is 2. The lowest BCUT2D eigenvalue weighted by Gasteiger charge is -2.14. The van der Waals surface area contributed by atoms with Crippen molar-refractivity contribution in [3.8, 4) is 0 Å². The van der Waals surface area contributed by atoms with Gasteiger partial charge in [-0.1, -0.05) is 12.2 Å². The first-order valence-electron chi connectivity index (χ1n) is 6.43. The molecule has 0 amide bonds. The molecule has 0 saturated carbocycles. The van der Waals surface area contributed by atoms with Crippen LogP contribution in [0, 0.1) is 13.8 Å². The first-order valence-corrected chi connectivity index (χ1v) is 7.71. The first kappa shape index (κ1) is 13.9. The highest BCUT2D eigenvalue weighted by Gasteiger charge is 2.11. The number of anilines is 2. The van der Waals surface area contributed by atoms with Crippen molar-refractivity contribution in [2.45, 2.75) is 13.8 Å². The molecule has 21 heavy (non-hydrogen) atoms. The molecule has 0 spiro atoms. The number of benzene rings is 1. The maximum absolute atomic E-state index is 5.84. The summed E-state index contributed by atoms with van der Waals surface area (Å²) >= 11 is 6.76. The number of nitrogens with zero attached hydrogens (tertiary/aromatic N) is 2. The molecule has 3 N–H and O–H groups in total. The molecule has 0 aliphatic carbocycles. The molecule has 1 aromatic carbocycles. The van der Waals surface area contributed by atoms with Gasteiger partial charge in [0.05, 0.1) is 27.0 Å². The number of aryl methyl sites for hydroxylation is 2. The molecule has 0 fully saturated rings. The Kier molecular flexibility index (Phi) is 3.57. The van der Waals surface area contributed by atoms with E-state index in [2.05, 4.69) is 21.4 Å². The second-order valence-corrected chi connectivity index (χ2v) is 6.12. The molecule has 0 bridgehead atoms. The van der Waals surface area contributed by atoms with Gasteiger partial charge in [-0.15, -0.1) is 11.3 Å². The Balaban J connectivity index is 2.06. The van der Waals surface area contributed by atoms with Crippen molar-refractivity contribution >= 4 is 50.1 Å². The van der Waals surface area contributed by atoms with Gasteiger partial charge < -0.3 is 11.1 Å². The van der Waals surface area contributed by atoms with E-state index >= 15 is 0 Å². The summed E-state index contributed by atoms with van der Waals surface area (Å²) in [7, 11) is 0. The number of thiazole rings is 1. The normalized spacial score (nSPS) is 10.8. The van der Waals surface area contributed by atoms with Crippen molar-refractivity contribution in [1.82, 2.24) is 9.97 Å². The van der Waals surface area contributed by atoms with Gasteiger partial charge in [-0.25, -0.2) is 4.98 Å². The molecule has 0 saturated heterocycles. The number of hydrogen-bond acceptors (Lipinski definition) is 5. The van der Waals surface area contributed by atoms with Crippen LogP contribution in [0.2, 0.25) is 0 Å². The summed E-state index contributed by atoms with van der Waals surface area (Å²) in [4.78, 5) is 9.05. The van der Waals surface area contributed by atoms with Crippen molar-refractivity contribution in [3.63, 3.8) is 0 Å². The fourth-order valence-electron chi connectivity index (χ4n) is 2.33. The zero-order valence-corrected chi connectivity index (χ0v) is 13.3. The SMILES string of the molecule is Cc1cc(Nc2ccc3ncsc3c2)c(C(N)=S)c(C)n1. The van der Waals surface area contributed by atoms with Crippen molar-refractivity contribution in [2.24, 2.45) is 5.73 Å². The van der Waals surface area contributed by atoms with Gasteiger partial charge in [-0.3, -0.25) is 4.98 Å². The van der Waals surface area contributed by atoms with Gasteiger partial charge in [0.2, 0.25) is 0 Å². The number of fused-ring (bicyclic) bond motifs is 1. The van der Waals surface area contributed by atoms with Crippen LogP contribution in [0.4, 0.5) is 11.4 Å². The number of rotatable bonds is 3. The number of thiocarbonyl (C=S) groups is 1. The van der Waals surface area contributed by atoms with Gasteiger partial charge in [0.25, 0.3) is 0 Å². The van der Waals surface area contributed by atoms with Gasteiger partial charge in [-0.05, 0) is 38.1 Å². The predicted octanol–water partition coefficient (Wildman–Crippen LogP) is 3.69. The quantitative estimate of drug-likeness (QED) is 0.722. The summed E-state index contributed by atoms with van der Waals surface area (Å²) in [6.07, 6.45) is 0. The Labute approximate surface area is 132 Å². The predicted molar refractivity (Wildman–Crippen MR) is 92.5 cm³/mol. The van der Waals surface area contributed by atoms with E-state index in [0.29, 0.717) is 4.99 Å². The lowest BCUT2D eigenvalue weighted by atomic mass is 10.1. The molecule has 0 radical (unpaired) electrons. The fraction of sp³-hybridized carbons (Fsp3) is 0.133. The Morgan fingerprint density at radius 1 is 1.29 bits per heavy atom. The zero-order chi connectivity index (χ0) is 15.0. The third-order valence-electron chi connectivity index (χ3n) is 3.19. The summed E-state index contributed by atoms with van der Waals surface area (Å²) in [6, 6.07) is 8.02. The monoisotopic (exact) mass is 314 g/mol. The molecule has 2 aromatic heterocycles. The summed E-state index contributed by atoms with van der Waals surface area (Å²) in [5.41, 5.74) is 13.1. The van der Waals surface area contributed by atoms with Gasteiger partial charge in [0.1, 0.15) is 4.99 Å². The highest BCUT2D eigenvalue weighted by molar-refractivity contribution is 7.80. The van der Waals surface area contributed by atoms with Gasteiger partial charge >= 0.3 is 0 Å². The molecule has 3 rings (SSSR count). The lowest BCUT2D eigenvalue weighted by molar-refractivity contribution is 1.12.